The Labute approximate surface area is 221 Å². The number of rotatable bonds is 10. The van der Waals surface area contributed by atoms with Gasteiger partial charge in [0.2, 0.25) is 10.0 Å². The topological polar surface area (TPSA) is 122 Å². The van der Waals surface area contributed by atoms with Crippen molar-refractivity contribution in [1.29, 1.82) is 0 Å². The molecular weight excluding hydrogens is 500 g/mol. The van der Waals surface area contributed by atoms with Gasteiger partial charge in [-0.05, 0) is 59.3 Å². The van der Waals surface area contributed by atoms with Gasteiger partial charge in [0.15, 0.2) is 0 Å². The summed E-state index contributed by atoms with van der Waals surface area (Å²) < 4.78 is 26.3. The van der Waals surface area contributed by atoms with Gasteiger partial charge < -0.3 is 11.1 Å². The fourth-order valence-corrected chi connectivity index (χ4v) is 5.56. The van der Waals surface area contributed by atoms with Crippen LogP contribution in [0.4, 0.5) is 11.4 Å². The summed E-state index contributed by atoms with van der Waals surface area (Å²) >= 11 is 0. The standard InChI is InChI=1S/C29H28N4O4S/c30-16-19-38(36,37)32-24-14-10-21(11-15-24)20-8-12-23(13-9-20)31-17-3-18-33-28(34)25-6-1-4-22-5-2-7-26(27(22)25)29(33)35/h1-2,4-15,31-32H,3,16-19,30H2. The number of nitrogens with two attached hydrogens (primary N) is 1. The molecule has 4 aromatic rings. The number of imide groups is 1. The molecule has 1 heterocycles. The summed E-state index contributed by atoms with van der Waals surface area (Å²) in [5.41, 5.74) is 9.84. The van der Waals surface area contributed by atoms with E-state index in [4.69, 9.17) is 5.73 Å². The molecule has 0 aliphatic carbocycles. The highest BCUT2D eigenvalue weighted by Crippen LogP contribution is 2.30. The molecule has 4 N–H and O–H groups in total. The van der Waals surface area contributed by atoms with Crippen molar-refractivity contribution in [2.45, 2.75) is 6.42 Å². The number of anilines is 2. The number of hydrogen-bond donors (Lipinski definition) is 3. The number of nitrogens with zero attached hydrogens (tertiary/aromatic N) is 1. The SMILES string of the molecule is NCCS(=O)(=O)Nc1ccc(-c2ccc(NCCCN3C(=O)c4cccc5cccc(c45)C3=O)cc2)cc1. The molecule has 0 aromatic heterocycles. The Morgan fingerprint density at radius 3 is 1.84 bits per heavy atom. The monoisotopic (exact) mass is 528 g/mol. The van der Waals surface area contributed by atoms with Gasteiger partial charge in [-0.3, -0.25) is 19.2 Å². The van der Waals surface area contributed by atoms with Gasteiger partial charge in [-0.25, -0.2) is 8.42 Å². The Morgan fingerprint density at radius 1 is 0.737 bits per heavy atom. The second-order valence-corrected chi connectivity index (χ2v) is 11.0. The minimum absolute atomic E-state index is 0.0632. The summed E-state index contributed by atoms with van der Waals surface area (Å²) in [4.78, 5) is 27.4. The van der Waals surface area contributed by atoms with E-state index in [2.05, 4.69) is 10.0 Å². The van der Waals surface area contributed by atoms with Crippen LogP contribution in [0.2, 0.25) is 0 Å². The van der Waals surface area contributed by atoms with Crippen LogP contribution in [0.25, 0.3) is 21.9 Å². The summed E-state index contributed by atoms with van der Waals surface area (Å²) in [6.07, 6.45) is 0.610. The highest BCUT2D eigenvalue weighted by Gasteiger charge is 2.32. The average Bonchev–Trinajstić information content (AvgIpc) is 2.91. The van der Waals surface area contributed by atoms with E-state index in [9.17, 15) is 18.0 Å². The zero-order valence-electron chi connectivity index (χ0n) is 20.7. The first kappa shape index (κ1) is 25.4. The number of carbonyl (C=O) groups is 2. The van der Waals surface area contributed by atoms with E-state index in [1.807, 2.05) is 60.7 Å². The highest BCUT2D eigenvalue weighted by molar-refractivity contribution is 7.92. The molecule has 38 heavy (non-hydrogen) atoms. The zero-order valence-corrected chi connectivity index (χ0v) is 21.5. The predicted octanol–water partition coefficient (Wildman–Crippen LogP) is 4.31. The van der Waals surface area contributed by atoms with Crippen LogP contribution in [-0.2, 0) is 10.0 Å². The number of amides is 2. The van der Waals surface area contributed by atoms with Crippen LogP contribution in [0.5, 0.6) is 0 Å². The fourth-order valence-electron chi connectivity index (χ4n) is 4.65. The molecule has 0 fully saturated rings. The molecule has 194 valence electrons. The first-order valence-electron chi connectivity index (χ1n) is 12.4. The number of benzene rings is 4. The van der Waals surface area contributed by atoms with E-state index >= 15 is 0 Å². The van der Waals surface area contributed by atoms with Crippen molar-refractivity contribution in [1.82, 2.24) is 4.90 Å². The Hall–Kier alpha value is -4.21. The number of carbonyl (C=O) groups excluding carboxylic acids is 2. The van der Waals surface area contributed by atoms with Crippen LogP contribution in [0, 0.1) is 0 Å². The third-order valence-electron chi connectivity index (χ3n) is 6.51. The fraction of sp³-hybridized carbons (Fsp3) is 0.172. The smallest absolute Gasteiger partial charge is 0.261 e. The second kappa shape index (κ2) is 10.6. The summed E-state index contributed by atoms with van der Waals surface area (Å²) in [5, 5.41) is 4.98. The van der Waals surface area contributed by atoms with Crippen molar-refractivity contribution in [3.8, 4) is 11.1 Å². The quantitative estimate of drug-likeness (QED) is 0.208. The summed E-state index contributed by atoms with van der Waals surface area (Å²) in [6, 6.07) is 26.1. The molecule has 2 amide bonds. The van der Waals surface area contributed by atoms with E-state index < -0.39 is 10.0 Å². The lowest BCUT2D eigenvalue weighted by molar-refractivity contribution is 0.0610. The number of hydrogen-bond acceptors (Lipinski definition) is 6. The van der Waals surface area contributed by atoms with Crippen molar-refractivity contribution in [2.75, 3.05) is 35.4 Å². The summed E-state index contributed by atoms with van der Waals surface area (Å²) in [6.45, 7) is 0.989. The molecule has 0 saturated heterocycles. The molecule has 4 aromatic carbocycles. The third-order valence-corrected chi connectivity index (χ3v) is 7.83. The van der Waals surface area contributed by atoms with Crippen molar-refractivity contribution in [2.24, 2.45) is 5.73 Å². The van der Waals surface area contributed by atoms with Gasteiger partial charge in [0, 0.05) is 47.5 Å². The molecule has 0 radical (unpaired) electrons. The van der Waals surface area contributed by atoms with Crippen LogP contribution in [0.3, 0.4) is 0 Å². The molecule has 0 bridgehead atoms. The first-order chi connectivity index (χ1) is 18.4. The van der Waals surface area contributed by atoms with E-state index in [-0.39, 0.29) is 24.1 Å². The van der Waals surface area contributed by atoms with Gasteiger partial charge in [-0.2, -0.15) is 0 Å². The molecule has 1 aliphatic rings. The Bertz CT molecular complexity index is 1550. The van der Waals surface area contributed by atoms with Gasteiger partial charge >= 0.3 is 0 Å². The van der Waals surface area contributed by atoms with E-state index in [0.29, 0.717) is 36.3 Å². The molecular formula is C29H28N4O4S. The van der Waals surface area contributed by atoms with Crippen LogP contribution < -0.4 is 15.8 Å². The summed E-state index contributed by atoms with van der Waals surface area (Å²) in [5.74, 6) is -0.623. The minimum Gasteiger partial charge on any atom is -0.385 e. The van der Waals surface area contributed by atoms with Crippen LogP contribution in [-0.4, -0.2) is 50.5 Å². The zero-order chi connectivity index (χ0) is 26.7. The predicted molar refractivity (Wildman–Crippen MR) is 151 cm³/mol. The average molecular weight is 529 g/mol. The number of sulfonamides is 1. The maximum atomic E-state index is 13.0. The van der Waals surface area contributed by atoms with E-state index in [1.165, 1.54) is 4.90 Å². The lowest BCUT2D eigenvalue weighted by Gasteiger charge is -2.27. The van der Waals surface area contributed by atoms with Gasteiger partial charge in [0.25, 0.3) is 11.8 Å². The van der Waals surface area contributed by atoms with Crippen molar-refractivity contribution >= 4 is 44.0 Å². The molecule has 0 unspecified atom stereocenters. The maximum Gasteiger partial charge on any atom is 0.261 e. The summed E-state index contributed by atoms with van der Waals surface area (Å²) in [7, 11) is -3.44. The highest BCUT2D eigenvalue weighted by atomic mass is 32.2. The van der Waals surface area contributed by atoms with Crippen LogP contribution in [0.1, 0.15) is 27.1 Å². The molecule has 9 heteroatoms. The van der Waals surface area contributed by atoms with Gasteiger partial charge in [-0.1, -0.05) is 48.5 Å². The van der Waals surface area contributed by atoms with Gasteiger partial charge in [0.1, 0.15) is 0 Å². The molecule has 0 spiro atoms. The number of nitrogens with one attached hydrogen (secondary N) is 2. The Kier molecular flexibility index (Phi) is 7.13. The molecule has 0 saturated carbocycles. The molecule has 5 rings (SSSR count). The van der Waals surface area contributed by atoms with Crippen molar-refractivity contribution in [3.63, 3.8) is 0 Å². The molecule has 0 atom stereocenters. The largest absolute Gasteiger partial charge is 0.385 e. The Morgan fingerprint density at radius 2 is 1.29 bits per heavy atom. The van der Waals surface area contributed by atoms with E-state index in [1.54, 1.807) is 24.3 Å². The third kappa shape index (κ3) is 5.25. The minimum atomic E-state index is -3.44. The lowest BCUT2D eigenvalue weighted by Crippen LogP contribution is -2.41. The van der Waals surface area contributed by atoms with Gasteiger partial charge in [0.05, 0.1) is 5.75 Å². The van der Waals surface area contributed by atoms with Crippen molar-refractivity contribution in [3.05, 3.63) is 96.1 Å². The van der Waals surface area contributed by atoms with Crippen molar-refractivity contribution < 1.29 is 18.0 Å². The molecule has 1 aliphatic heterocycles. The van der Waals surface area contributed by atoms with E-state index in [0.717, 1.165) is 27.6 Å². The second-order valence-electron chi connectivity index (χ2n) is 9.12. The first-order valence-corrected chi connectivity index (χ1v) is 14.0. The maximum absolute atomic E-state index is 13.0. The van der Waals surface area contributed by atoms with Crippen LogP contribution >= 0.6 is 0 Å². The lowest BCUT2D eigenvalue weighted by atomic mass is 9.94. The van der Waals surface area contributed by atoms with Gasteiger partial charge in [-0.15, -0.1) is 0 Å². The Balaban J connectivity index is 1.16. The van der Waals surface area contributed by atoms with Crippen LogP contribution in [0.15, 0.2) is 84.9 Å². The normalized spacial score (nSPS) is 13.1. The molecule has 8 nitrogen and oxygen atoms in total.